The summed E-state index contributed by atoms with van der Waals surface area (Å²) < 4.78 is 1.50. The van der Waals surface area contributed by atoms with Crippen molar-refractivity contribution in [3.05, 3.63) is 0 Å². The van der Waals surface area contributed by atoms with E-state index in [1.54, 1.807) is 0 Å². The van der Waals surface area contributed by atoms with Crippen LogP contribution in [0.15, 0.2) is 0 Å². The first kappa shape index (κ1) is 15.0. The van der Waals surface area contributed by atoms with Crippen LogP contribution in [0.2, 0.25) is 0 Å². The molecule has 1 heterocycles. The summed E-state index contributed by atoms with van der Waals surface area (Å²) in [5.41, 5.74) is 4.94. The number of hydrogen-bond acceptors (Lipinski definition) is 6. The number of likely N-dealkylation sites (N-methyl/N-ethyl adjacent to an activating group) is 1. The molecule has 15 heavy (non-hydrogen) atoms. The monoisotopic (exact) mass is 272 g/mol. The van der Waals surface area contributed by atoms with Crippen LogP contribution in [0.4, 0.5) is 0 Å². The maximum Gasteiger partial charge on any atom is 0.321 e. The van der Waals surface area contributed by atoms with Gasteiger partial charge in [-0.05, 0) is 7.05 Å². The van der Waals surface area contributed by atoms with E-state index in [1.165, 1.54) is 11.9 Å². The Hall–Kier alpha value is 0.0500. The largest absolute Gasteiger partial charge is 0.480 e. The molecular formula is C7H13ClN2O3S2. The molecule has 2 unspecified atom stereocenters. The number of hydrogen-bond donors (Lipinski definition) is 3. The van der Waals surface area contributed by atoms with Gasteiger partial charge in [-0.1, -0.05) is 11.9 Å². The third kappa shape index (κ3) is 6.26. The van der Waals surface area contributed by atoms with Gasteiger partial charge in [0, 0.05) is 5.75 Å². The average molecular weight is 273 g/mol. The van der Waals surface area contributed by atoms with Crippen LogP contribution >= 0.6 is 36.2 Å². The number of aliphatic carboxylic acids is 1. The fraction of sp³-hybridized carbons (Fsp3) is 0.714. The minimum atomic E-state index is -1.00. The predicted octanol–water partition coefficient (Wildman–Crippen LogP) is 0.0421. The third-order valence-electron chi connectivity index (χ3n) is 1.42. The Kier molecular flexibility index (Phi) is 7.37. The van der Waals surface area contributed by atoms with Crippen LogP contribution < -0.4 is 5.73 Å². The van der Waals surface area contributed by atoms with Gasteiger partial charge in [0.2, 0.25) is 0 Å². The van der Waals surface area contributed by atoms with Crippen molar-refractivity contribution in [3.8, 4) is 0 Å². The molecule has 1 fully saturated rings. The van der Waals surface area contributed by atoms with E-state index in [-0.39, 0.29) is 16.2 Å². The molecule has 0 radical (unpaired) electrons. The number of halogens is 1. The standard InChI is InChI=1S/C4H6ClNOS.C3H7NO2S/c1-6-2-3(7)4(5)8-6;4-2(1-7)3(5)6/h4H,2H2,1H3;2,7H,1,4H2,(H,5,6). The molecule has 0 aromatic carbocycles. The molecule has 0 aromatic rings. The summed E-state index contributed by atoms with van der Waals surface area (Å²) >= 11 is 10.6. The third-order valence-corrected chi connectivity index (χ3v) is 3.23. The van der Waals surface area contributed by atoms with Gasteiger partial charge in [-0.3, -0.25) is 9.59 Å². The highest BCUT2D eigenvalue weighted by Gasteiger charge is 2.26. The molecule has 3 N–H and O–H groups in total. The number of thiol groups is 1. The molecule has 88 valence electrons. The Labute approximate surface area is 103 Å². The van der Waals surface area contributed by atoms with Crippen LogP contribution in [0, 0.1) is 0 Å². The SMILES string of the molecule is CN1CC(=O)C(Cl)S1.NC(CS)C(=O)O. The van der Waals surface area contributed by atoms with Gasteiger partial charge in [0.25, 0.3) is 0 Å². The number of nitrogens with two attached hydrogens (primary N) is 1. The van der Waals surface area contributed by atoms with Crippen molar-refractivity contribution < 1.29 is 14.7 Å². The van der Waals surface area contributed by atoms with E-state index < -0.39 is 12.0 Å². The van der Waals surface area contributed by atoms with Crippen molar-refractivity contribution in [1.29, 1.82) is 0 Å². The zero-order valence-electron chi connectivity index (χ0n) is 8.09. The molecule has 0 aliphatic carbocycles. The summed E-state index contributed by atoms with van der Waals surface area (Å²) in [5.74, 6) is -0.704. The molecule has 8 heteroatoms. The van der Waals surface area contributed by atoms with E-state index in [2.05, 4.69) is 12.6 Å². The fourth-order valence-electron chi connectivity index (χ4n) is 0.623. The van der Waals surface area contributed by atoms with Crippen molar-refractivity contribution in [2.45, 2.75) is 10.8 Å². The predicted molar refractivity (Wildman–Crippen MR) is 64.3 cm³/mol. The van der Waals surface area contributed by atoms with E-state index in [9.17, 15) is 9.59 Å². The number of Topliss-reactive ketones (excluding diaryl/α,β-unsaturated/α-hetero) is 1. The van der Waals surface area contributed by atoms with Gasteiger partial charge in [0.05, 0.1) is 6.54 Å². The quantitative estimate of drug-likeness (QED) is 0.374. The molecule has 0 saturated carbocycles. The molecule has 1 saturated heterocycles. The first-order valence-electron chi connectivity index (χ1n) is 4.02. The van der Waals surface area contributed by atoms with Crippen LogP contribution in [0.3, 0.4) is 0 Å². The number of carbonyl (C=O) groups is 2. The van der Waals surface area contributed by atoms with Crippen molar-refractivity contribution >= 4 is 47.9 Å². The van der Waals surface area contributed by atoms with Crippen LogP contribution in [0.5, 0.6) is 0 Å². The van der Waals surface area contributed by atoms with Crippen LogP contribution in [0.25, 0.3) is 0 Å². The van der Waals surface area contributed by atoms with Crippen LogP contribution in [0.1, 0.15) is 0 Å². The van der Waals surface area contributed by atoms with Gasteiger partial charge in [-0.15, -0.1) is 11.6 Å². The van der Waals surface area contributed by atoms with Gasteiger partial charge in [0.1, 0.15) is 6.04 Å². The van der Waals surface area contributed by atoms with Crippen molar-refractivity contribution in [2.24, 2.45) is 5.73 Å². The normalized spacial score (nSPS) is 23.2. The second kappa shape index (κ2) is 7.34. The van der Waals surface area contributed by atoms with E-state index in [1.807, 2.05) is 11.4 Å². The van der Waals surface area contributed by atoms with E-state index in [0.29, 0.717) is 6.54 Å². The Balaban J connectivity index is 0.000000265. The molecule has 1 aliphatic rings. The highest BCUT2D eigenvalue weighted by atomic mass is 35.5. The summed E-state index contributed by atoms with van der Waals surface area (Å²) in [5, 5.41) is 8.01. The van der Waals surface area contributed by atoms with Gasteiger partial charge < -0.3 is 10.8 Å². The van der Waals surface area contributed by atoms with Crippen LogP contribution in [-0.4, -0.2) is 51.3 Å². The minimum absolute atomic E-state index is 0.110. The topological polar surface area (TPSA) is 83.6 Å². The number of carboxylic acid groups (broad SMARTS) is 1. The van der Waals surface area contributed by atoms with Gasteiger partial charge in [-0.2, -0.15) is 12.6 Å². The molecular weight excluding hydrogens is 260 g/mol. The van der Waals surface area contributed by atoms with Gasteiger partial charge in [-0.25, -0.2) is 4.31 Å². The van der Waals surface area contributed by atoms with Gasteiger partial charge >= 0.3 is 5.97 Å². The summed E-state index contributed by atoms with van der Waals surface area (Å²) in [4.78, 5) is 20.3. The Bertz CT molecular complexity index is 242. The first-order valence-corrected chi connectivity index (χ1v) is 5.93. The molecule has 1 aliphatic heterocycles. The molecule has 0 spiro atoms. The Morgan fingerprint density at radius 3 is 2.53 bits per heavy atom. The Morgan fingerprint density at radius 2 is 2.47 bits per heavy atom. The second-order valence-corrected chi connectivity index (χ2v) is 5.17. The zero-order chi connectivity index (χ0) is 12.0. The summed E-state index contributed by atoms with van der Waals surface area (Å²) in [6.07, 6.45) is 0. The lowest BCUT2D eigenvalue weighted by atomic mass is 10.4. The molecule has 0 aromatic heterocycles. The maximum absolute atomic E-state index is 10.6. The second-order valence-electron chi connectivity index (χ2n) is 2.80. The lowest BCUT2D eigenvalue weighted by Gasteiger charge is -1.99. The van der Waals surface area contributed by atoms with E-state index in [0.717, 1.165) is 0 Å². The number of carbonyl (C=O) groups excluding carboxylic acids is 1. The van der Waals surface area contributed by atoms with E-state index in [4.69, 9.17) is 22.4 Å². The number of rotatable bonds is 2. The number of carboxylic acids is 1. The molecule has 1 rings (SSSR count). The summed E-state index contributed by atoms with van der Waals surface area (Å²) in [7, 11) is 1.85. The lowest BCUT2D eigenvalue weighted by molar-refractivity contribution is -0.137. The van der Waals surface area contributed by atoms with Crippen molar-refractivity contribution in [1.82, 2.24) is 4.31 Å². The molecule has 2 atom stereocenters. The molecule has 5 nitrogen and oxygen atoms in total. The summed E-state index contributed by atoms with van der Waals surface area (Å²) in [6.45, 7) is 0.485. The highest BCUT2D eigenvalue weighted by molar-refractivity contribution is 8.00. The summed E-state index contributed by atoms with van der Waals surface area (Å²) in [6, 6.07) is -0.816. The Morgan fingerprint density at radius 1 is 1.93 bits per heavy atom. The highest BCUT2D eigenvalue weighted by Crippen LogP contribution is 2.25. The lowest BCUT2D eigenvalue weighted by Crippen LogP contribution is -2.31. The number of ketones is 1. The van der Waals surface area contributed by atoms with Crippen molar-refractivity contribution in [2.75, 3.05) is 19.3 Å². The fourth-order valence-corrected chi connectivity index (χ4v) is 1.97. The number of alkyl halides is 1. The average Bonchev–Trinajstić information content (AvgIpc) is 2.43. The zero-order valence-corrected chi connectivity index (χ0v) is 10.6. The first-order chi connectivity index (χ1) is 6.88. The van der Waals surface area contributed by atoms with E-state index >= 15 is 0 Å². The van der Waals surface area contributed by atoms with Crippen LogP contribution in [-0.2, 0) is 9.59 Å². The maximum atomic E-state index is 10.6. The smallest absolute Gasteiger partial charge is 0.321 e. The molecule has 0 bridgehead atoms. The number of nitrogens with zero attached hydrogens (tertiary/aromatic N) is 1. The van der Waals surface area contributed by atoms with Gasteiger partial charge in [0.15, 0.2) is 10.5 Å². The minimum Gasteiger partial charge on any atom is -0.480 e. The van der Waals surface area contributed by atoms with Crippen molar-refractivity contribution in [3.63, 3.8) is 0 Å². The molecule has 0 amide bonds.